The van der Waals surface area contributed by atoms with E-state index in [9.17, 15) is 20.1 Å². The van der Waals surface area contributed by atoms with Gasteiger partial charge in [0.05, 0.1) is 21.3 Å². The van der Waals surface area contributed by atoms with E-state index in [4.69, 9.17) is 28.4 Å². The van der Waals surface area contributed by atoms with Crippen LogP contribution >= 0.6 is 0 Å². The Kier molecular flexibility index (Phi) is 17.4. The lowest BCUT2D eigenvalue weighted by Crippen LogP contribution is -2.18. The molecule has 10 nitrogen and oxygen atoms in total. The molecule has 0 fully saturated rings. The van der Waals surface area contributed by atoms with Crippen molar-refractivity contribution in [3.8, 4) is 23.6 Å². The van der Waals surface area contributed by atoms with E-state index in [-0.39, 0.29) is 29.8 Å². The zero-order chi connectivity index (χ0) is 35.6. The molecule has 0 N–H and O–H groups in total. The van der Waals surface area contributed by atoms with E-state index in [1.807, 2.05) is 71.9 Å². The molecule has 0 bridgehead atoms. The summed E-state index contributed by atoms with van der Waals surface area (Å²) in [7, 11) is 6.16. The smallest absolute Gasteiger partial charge is 0.349 e. The molecule has 0 aliphatic rings. The van der Waals surface area contributed by atoms with Crippen LogP contribution in [0.3, 0.4) is 0 Å². The first-order valence-electron chi connectivity index (χ1n) is 15.3. The molecule has 0 aromatic heterocycles. The van der Waals surface area contributed by atoms with Gasteiger partial charge in [-0.25, -0.2) is 9.59 Å². The highest BCUT2D eigenvalue weighted by molar-refractivity contribution is 6.01. The number of nitrogens with zero attached hydrogens (tertiary/aromatic N) is 2. The first-order valence-corrected chi connectivity index (χ1v) is 15.3. The Bertz CT molecular complexity index is 1480. The first-order chi connectivity index (χ1) is 22.3. The van der Waals surface area contributed by atoms with Crippen LogP contribution in [0.1, 0.15) is 66.4 Å². The minimum atomic E-state index is -0.847. The molecule has 254 valence electrons. The molecule has 0 spiro atoms. The summed E-state index contributed by atoms with van der Waals surface area (Å²) < 4.78 is 32.2. The molecule has 1 unspecified atom stereocenters. The molecule has 0 saturated heterocycles. The van der Waals surface area contributed by atoms with Crippen LogP contribution in [0.2, 0.25) is 0 Å². The number of carbonyl (C=O) groups is 2. The number of benzene rings is 1. The summed E-state index contributed by atoms with van der Waals surface area (Å²) in [6.45, 7) is 11.0. The maximum atomic E-state index is 13.1. The fraction of sp³-hybridized carbons (Fsp3) is 0.459. The molecule has 0 amide bonds. The van der Waals surface area contributed by atoms with Crippen LogP contribution in [0, 0.1) is 28.1 Å². The molecule has 1 aromatic carbocycles. The highest BCUT2D eigenvalue weighted by Crippen LogP contribution is 2.33. The number of esters is 2. The second kappa shape index (κ2) is 20.3. The lowest BCUT2D eigenvalue weighted by Gasteiger charge is -2.20. The van der Waals surface area contributed by atoms with Crippen LogP contribution in [0.25, 0.3) is 5.57 Å². The van der Waals surface area contributed by atoms with Gasteiger partial charge in [-0.2, -0.15) is 10.5 Å². The van der Waals surface area contributed by atoms with E-state index in [1.165, 1.54) is 14.2 Å². The van der Waals surface area contributed by atoms with Crippen LogP contribution in [-0.2, 0) is 28.5 Å². The van der Waals surface area contributed by atoms with E-state index in [0.29, 0.717) is 53.2 Å². The summed E-state index contributed by atoms with van der Waals surface area (Å²) in [5.74, 6) is -0.0745. The number of ether oxygens (including phenoxy) is 6. The molecule has 0 aliphatic heterocycles. The van der Waals surface area contributed by atoms with Gasteiger partial charge < -0.3 is 28.4 Å². The van der Waals surface area contributed by atoms with Gasteiger partial charge in [0.1, 0.15) is 48.4 Å². The van der Waals surface area contributed by atoms with E-state index in [0.717, 1.165) is 5.57 Å². The van der Waals surface area contributed by atoms with Crippen molar-refractivity contribution in [1.82, 2.24) is 0 Å². The average Bonchev–Trinajstić information content (AvgIpc) is 3.04. The lowest BCUT2D eigenvalue weighted by molar-refractivity contribution is -0.146. The van der Waals surface area contributed by atoms with Crippen molar-refractivity contribution in [3.63, 3.8) is 0 Å². The fourth-order valence-corrected chi connectivity index (χ4v) is 4.62. The second-order valence-corrected chi connectivity index (χ2v) is 11.6. The van der Waals surface area contributed by atoms with E-state index >= 15 is 0 Å². The largest absolute Gasteiger partial charge is 0.498 e. The SMILES string of the molecule is C/C=C(/OC)C(C=C/C(C)=C/C(CC(C)(C)C)=C(\C#N)C(=O)OCCOC(=O)/C(C#N)=C(\CCC)c1ccc(OC)c(OC)c1)OC. The maximum Gasteiger partial charge on any atom is 0.349 e. The van der Waals surface area contributed by atoms with Crippen LogP contribution < -0.4 is 9.47 Å². The number of hydrogen-bond donors (Lipinski definition) is 0. The van der Waals surface area contributed by atoms with Gasteiger partial charge in [-0.15, -0.1) is 0 Å². The predicted molar refractivity (Wildman–Crippen MR) is 180 cm³/mol. The Morgan fingerprint density at radius 3 is 2.00 bits per heavy atom. The number of methoxy groups -OCH3 is 4. The van der Waals surface area contributed by atoms with Crippen molar-refractivity contribution in [2.75, 3.05) is 41.7 Å². The third kappa shape index (κ3) is 12.8. The summed E-state index contributed by atoms with van der Waals surface area (Å²) in [6.07, 6.45) is 8.34. The van der Waals surface area contributed by atoms with Gasteiger partial charge in [0.25, 0.3) is 0 Å². The zero-order valence-electron chi connectivity index (χ0n) is 29.3. The number of carbonyl (C=O) groups excluding carboxylic acids is 2. The van der Waals surface area contributed by atoms with Gasteiger partial charge in [0.2, 0.25) is 0 Å². The second-order valence-electron chi connectivity index (χ2n) is 11.6. The molecule has 10 heteroatoms. The Labute approximate surface area is 279 Å². The van der Waals surface area contributed by atoms with Crippen molar-refractivity contribution in [2.24, 2.45) is 5.41 Å². The van der Waals surface area contributed by atoms with Gasteiger partial charge in [0.15, 0.2) is 11.5 Å². The molecule has 1 atom stereocenters. The normalized spacial score (nSPS) is 13.9. The summed E-state index contributed by atoms with van der Waals surface area (Å²) >= 11 is 0. The van der Waals surface area contributed by atoms with Gasteiger partial charge in [-0.1, -0.05) is 57.9 Å². The first kappa shape index (κ1) is 40.2. The number of hydrogen-bond acceptors (Lipinski definition) is 10. The zero-order valence-corrected chi connectivity index (χ0v) is 29.3. The Morgan fingerprint density at radius 1 is 0.936 bits per heavy atom. The molecule has 1 rings (SSSR count). The highest BCUT2D eigenvalue weighted by atomic mass is 16.6. The van der Waals surface area contributed by atoms with Gasteiger partial charge in [0, 0.05) is 7.11 Å². The topological polar surface area (TPSA) is 137 Å². The molecule has 0 saturated carbocycles. The van der Waals surface area contributed by atoms with Crippen LogP contribution in [0.15, 0.2) is 70.6 Å². The summed E-state index contributed by atoms with van der Waals surface area (Å²) in [5.41, 5.74) is 1.84. The quantitative estimate of drug-likeness (QED) is 0.0426. The van der Waals surface area contributed by atoms with E-state index < -0.39 is 18.0 Å². The number of nitriles is 2. The maximum absolute atomic E-state index is 13.1. The van der Waals surface area contributed by atoms with Crippen molar-refractivity contribution in [3.05, 3.63) is 76.1 Å². The van der Waals surface area contributed by atoms with Gasteiger partial charge in [-0.05, 0) is 73.1 Å². The Hall–Kier alpha value is -4.80. The van der Waals surface area contributed by atoms with Gasteiger partial charge >= 0.3 is 11.9 Å². The predicted octanol–water partition coefficient (Wildman–Crippen LogP) is 7.19. The molecule has 47 heavy (non-hydrogen) atoms. The van der Waals surface area contributed by atoms with E-state index in [1.54, 1.807) is 38.5 Å². The molecular formula is C37H48N2O8. The lowest BCUT2D eigenvalue weighted by atomic mass is 9.85. The minimum Gasteiger partial charge on any atom is -0.498 e. The number of rotatable bonds is 17. The molecular weight excluding hydrogens is 600 g/mol. The highest BCUT2D eigenvalue weighted by Gasteiger charge is 2.23. The standard InChI is InChI=1S/C37H48N2O8/c1-11-13-28(26-15-17-33(44-9)34(21-26)45-10)30(24-39)36(41)47-19-18-46-35(40)29(23-38)27(22-37(4,5)6)20-25(3)14-16-32(43-8)31(12-2)42-7/h12,14-17,20-21,32H,11,13,18-19,22H2,1-10H3/b16-14?,25-20+,29-27-,30-28+,31-12+. The monoisotopic (exact) mass is 648 g/mol. The molecule has 0 heterocycles. The molecule has 1 aromatic rings. The van der Waals surface area contributed by atoms with Crippen molar-refractivity contribution < 1.29 is 38.0 Å². The van der Waals surface area contributed by atoms with Gasteiger partial charge in [-0.3, -0.25) is 0 Å². The minimum absolute atomic E-state index is 0.148. The third-order valence-corrected chi connectivity index (χ3v) is 6.75. The summed E-state index contributed by atoms with van der Waals surface area (Å²) in [4.78, 5) is 26.0. The molecule has 0 radical (unpaired) electrons. The summed E-state index contributed by atoms with van der Waals surface area (Å²) in [5, 5.41) is 19.8. The fourth-order valence-electron chi connectivity index (χ4n) is 4.62. The van der Waals surface area contributed by atoms with Crippen molar-refractivity contribution >= 4 is 17.5 Å². The average molecular weight is 649 g/mol. The van der Waals surface area contributed by atoms with Crippen molar-refractivity contribution in [1.29, 1.82) is 10.5 Å². The van der Waals surface area contributed by atoms with Crippen LogP contribution in [0.4, 0.5) is 0 Å². The Morgan fingerprint density at radius 2 is 1.53 bits per heavy atom. The van der Waals surface area contributed by atoms with Crippen LogP contribution in [0.5, 0.6) is 11.5 Å². The van der Waals surface area contributed by atoms with Crippen molar-refractivity contribution in [2.45, 2.75) is 66.9 Å². The number of allylic oxidation sites excluding steroid dienone is 6. The summed E-state index contributed by atoms with van der Waals surface area (Å²) in [6, 6.07) is 9.08. The third-order valence-electron chi connectivity index (χ3n) is 6.75. The van der Waals surface area contributed by atoms with E-state index in [2.05, 4.69) is 0 Å². The molecule has 0 aliphatic carbocycles. The Balaban J connectivity index is 3.21. The van der Waals surface area contributed by atoms with Crippen LogP contribution in [-0.4, -0.2) is 59.7 Å².